The minimum Gasteiger partial charge on any atom is -0.396 e. The van der Waals surface area contributed by atoms with Gasteiger partial charge in [-0.1, -0.05) is 0 Å². The number of nitrogen functional groups attached to an aromatic ring is 1. The van der Waals surface area contributed by atoms with E-state index < -0.39 is 6.10 Å². The normalized spacial score (nSPS) is 24.8. The maximum atomic E-state index is 11.8. The number of nitrogens with two attached hydrogens (primary N) is 1. The van der Waals surface area contributed by atoms with Crippen LogP contribution in [0.4, 0.5) is 5.69 Å². The number of carbonyl (C=O) groups is 1. The molecule has 0 bridgehead atoms. The molecule has 0 aromatic carbocycles. The summed E-state index contributed by atoms with van der Waals surface area (Å²) in [5, 5.41) is 16.9. The van der Waals surface area contributed by atoms with Crippen molar-refractivity contribution >= 4 is 11.6 Å². The molecule has 1 amide bonds. The lowest BCUT2D eigenvalue weighted by Gasteiger charge is -2.24. The Kier molecular flexibility index (Phi) is 4.29. The van der Waals surface area contributed by atoms with Crippen LogP contribution in [0.25, 0.3) is 0 Å². The molecule has 1 fully saturated rings. The minimum absolute atomic E-state index is 0.0642. The maximum Gasteiger partial charge on any atom is 0.227 e. The van der Waals surface area contributed by atoms with Gasteiger partial charge in [-0.15, -0.1) is 0 Å². The van der Waals surface area contributed by atoms with Crippen LogP contribution < -0.4 is 11.1 Å². The van der Waals surface area contributed by atoms with Gasteiger partial charge in [-0.05, 0) is 19.9 Å². The molecule has 7 heteroatoms. The molecule has 1 aromatic heterocycles. The van der Waals surface area contributed by atoms with Crippen molar-refractivity contribution in [3.8, 4) is 0 Å². The zero-order valence-electron chi connectivity index (χ0n) is 12.0. The van der Waals surface area contributed by atoms with Gasteiger partial charge in [0.15, 0.2) is 0 Å². The maximum absolute atomic E-state index is 11.8. The zero-order valence-corrected chi connectivity index (χ0v) is 12.0. The Morgan fingerprint density at radius 1 is 1.65 bits per heavy atom. The SMILES string of the molecule is CNC(=O)C1(C)CCN(CC(O)Cn2cc(N)cn2)C1. The number of carbonyl (C=O) groups excluding carboxylic acids is 1. The van der Waals surface area contributed by atoms with Crippen molar-refractivity contribution in [1.82, 2.24) is 20.0 Å². The minimum atomic E-state index is -0.527. The fraction of sp³-hybridized carbons (Fsp3) is 0.692. The van der Waals surface area contributed by atoms with E-state index in [-0.39, 0.29) is 11.3 Å². The highest BCUT2D eigenvalue weighted by Gasteiger charge is 2.39. The summed E-state index contributed by atoms with van der Waals surface area (Å²) >= 11 is 0. The quantitative estimate of drug-likeness (QED) is 0.662. The summed E-state index contributed by atoms with van der Waals surface area (Å²) in [6, 6.07) is 0. The molecule has 2 rings (SSSR count). The number of rotatable bonds is 5. The summed E-state index contributed by atoms with van der Waals surface area (Å²) < 4.78 is 1.63. The van der Waals surface area contributed by atoms with Gasteiger partial charge in [-0.25, -0.2) is 0 Å². The first-order valence-corrected chi connectivity index (χ1v) is 6.83. The molecule has 0 radical (unpaired) electrons. The summed E-state index contributed by atoms with van der Waals surface area (Å²) in [5.74, 6) is 0.0642. The van der Waals surface area contributed by atoms with E-state index in [2.05, 4.69) is 15.3 Å². The van der Waals surface area contributed by atoms with Gasteiger partial charge >= 0.3 is 0 Å². The van der Waals surface area contributed by atoms with E-state index in [1.54, 1.807) is 24.1 Å². The van der Waals surface area contributed by atoms with Gasteiger partial charge in [0.05, 0.1) is 29.9 Å². The van der Waals surface area contributed by atoms with Crippen LogP contribution >= 0.6 is 0 Å². The van der Waals surface area contributed by atoms with Gasteiger partial charge in [0.1, 0.15) is 0 Å². The van der Waals surface area contributed by atoms with Gasteiger partial charge in [0.2, 0.25) is 5.91 Å². The molecule has 1 aliphatic heterocycles. The summed E-state index contributed by atoms with van der Waals surface area (Å²) in [4.78, 5) is 14.0. The van der Waals surface area contributed by atoms with Gasteiger partial charge in [-0.3, -0.25) is 14.4 Å². The number of aromatic nitrogens is 2. The van der Waals surface area contributed by atoms with E-state index >= 15 is 0 Å². The standard InChI is InChI=1S/C13H23N5O2/c1-13(12(20)15-2)3-4-17(9-13)7-11(19)8-18-6-10(14)5-16-18/h5-6,11,19H,3-4,7-9,14H2,1-2H3,(H,15,20). The molecule has 2 unspecified atom stereocenters. The summed E-state index contributed by atoms with van der Waals surface area (Å²) in [6.07, 6.45) is 3.54. The number of anilines is 1. The van der Waals surface area contributed by atoms with Crippen molar-refractivity contribution in [3.05, 3.63) is 12.4 Å². The van der Waals surface area contributed by atoms with Crippen molar-refractivity contribution in [2.24, 2.45) is 5.41 Å². The fourth-order valence-electron chi connectivity index (χ4n) is 2.75. The monoisotopic (exact) mass is 281 g/mol. The van der Waals surface area contributed by atoms with Crippen molar-refractivity contribution < 1.29 is 9.90 Å². The second-order valence-corrected chi connectivity index (χ2v) is 5.77. The first kappa shape index (κ1) is 14.8. The molecule has 2 atom stereocenters. The predicted molar refractivity (Wildman–Crippen MR) is 75.9 cm³/mol. The molecule has 1 aliphatic rings. The molecule has 4 N–H and O–H groups in total. The van der Waals surface area contributed by atoms with E-state index in [1.807, 2.05) is 6.92 Å². The van der Waals surface area contributed by atoms with Crippen molar-refractivity contribution in [3.63, 3.8) is 0 Å². The van der Waals surface area contributed by atoms with Crippen LogP contribution in [-0.4, -0.2) is 58.5 Å². The molecule has 1 saturated heterocycles. The summed E-state index contributed by atoms with van der Waals surface area (Å²) in [6.45, 7) is 4.40. The Balaban J connectivity index is 1.84. The number of hydrogen-bond donors (Lipinski definition) is 3. The highest BCUT2D eigenvalue weighted by molar-refractivity contribution is 5.82. The van der Waals surface area contributed by atoms with Crippen LogP contribution in [0.2, 0.25) is 0 Å². The smallest absolute Gasteiger partial charge is 0.227 e. The largest absolute Gasteiger partial charge is 0.396 e. The number of nitrogens with one attached hydrogen (secondary N) is 1. The number of nitrogens with zero attached hydrogens (tertiary/aromatic N) is 3. The Morgan fingerprint density at radius 3 is 3.00 bits per heavy atom. The van der Waals surface area contributed by atoms with Gasteiger partial charge < -0.3 is 16.2 Å². The highest BCUT2D eigenvalue weighted by atomic mass is 16.3. The first-order chi connectivity index (χ1) is 9.43. The van der Waals surface area contributed by atoms with Gasteiger partial charge in [-0.2, -0.15) is 5.10 Å². The van der Waals surface area contributed by atoms with Crippen LogP contribution in [0.5, 0.6) is 0 Å². The lowest BCUT2D eigenvalue weighted by atomic mass is 9.89. The number of β-amino-alcohol motifs (C(OH)–C–C–N with tert-alkyl or cyclic N) is 1. The van der Waals surface area contributed by atoms with Crippen LogP contribution in [0.15, 0.2) is 12.4 Å². The number of aliphatic hydroxyl groups is 1. The second-order valence-electron chi connectivity index (χ2n) is 5.77. The lowest BCUT2D eigenvalue weighted by molar-refractivity contribution is -0.129. The summed E-state index contributed by atoms with van der Waals surface area (Å²) in [7, 11) is 1.66. The number of amides is 1. The number of aliphatic hydroxyl groups excluding tert-OH is 1. The molecule has 1 aromatic rings. The van der Waals surface area contributed by atoms with Gasteiger partial charge in [0.25, 0.3) is 0 Å². The third kappa shape index (κ3) is 3.29. The van der Waals surface area contributed by atoms with Crippen molar-refractivity contribution in [1.29, 1.82) is 0 Å². The van der Waals surface area contributed by atoms with Crippen molar-refractivity contribution in [2.75, 3.05) is 32.4 Å². The molecule has 0 aliphatic carbocycles. The third-order valence-corrected chi connectivity index (χ3v) is 3.85. The average Bonchev–Trinajstić information content (AvgIpc) is 2.96. The van der Waals surface area contributed by atoms with Gasteiger partial charge in [0, 0.05) is 26.3 Å². The molecular weight excluding hydrogens is 258 g/mol. The van der Waals surface area contributed by atoms with E-state index in [0.29, 0.717) is 25.3 Å². The Bertz CT molecular complexity index is 475. The fourth-order valence-corrected chi connectivity index (χ4v) is 2.75. The lowest BCUT2D eigenvalue weighted by Crippen LogP contribution is -2.41. The Morgan fingerprint density at radius 2 is 2.40 bits per heavy atom. The molecule has 0 saturated carbocycles. The van der Waals surface area contributed by atoms with Crippen molar-refractivity contribution in [2.45, 2.75) is 26.0 Å². The van der Waals surface area contributed by atoms with E-state index in [4.69, 9.17) is 5.73 Å². The van der Waals surface area contributed by atoms with Crippen LogP contribution in [0.1, 0.15) is 13.3 Å². The van der Waals surface area contributed by atoms with Crippen LogP contribution in [0.3, 0.4) is 0 Å². The predicted octanol–water partition coefficient (Wildman–Crippen LogP) is -0.716. The topological polar surface area (TPSA) is 96.4 Å². The molecule has 20 heavy (non-hydrogen) atoms. The van der Waals surface area contributed by atoms with Crippen LogP contribution in [0, 0.1) is 5.41 Å². The second kappa shape index (κ2) is 5.80. The third-order valence-electron chi connectivity index (χ3n) is 3.85. The van der Waals surface area contributed by atoms with Crippen LogP contribution in [-0.2, 0) is 11.3 Å². The molecule has 112 valence electrons. The number of hydrogen-bond acceptors (Lipinski definition) is 5. The van der Waals surface area contributed by atoms with E-state index in [9.17, 15) is 9.90 Å². The number of likely N-dealkylation sites (tertiary alicyclic amines) is 1. The molecular formula is C13H23N5O2. The zero-order chi connectivity index (χ0) is 14.8. The first-order valence-electron chi connectivity index (χ1n) is 6.83. The van der Waals surface area contributed by atoms with E-state index in [1.165, 1.54) is 0 Å². The highest BCUT2D eigenvalue weighted by Crippen LogP contribution is 2.30. The molecule has 7 nitrogen and oxygen atoms in total. The summed E-state index contributed by atoms with van der Waals surface area (Å²) in [5.41, 5.74) is 5.81. The molecule has 0 spiro atoms. The Hall–Kier alpha value is -1.60. The van der Waals surface area contributed by atoms with E-state index in [0.717, 1.165) is 13.0 Å². The Labute approximate surface area is 118 Å². The molecule has 2 heterocycles. The average molecular weight is 281 g/mol.